The van der Waals surface area contributed by atoms with Crippen molar-refractivity contribution in [1.29, 1.82) is 0 Å². The standard InChI is InChI=1S/C13H20N2O/c1-10(16)11-4-6-14-12(8-11)15-7-5-13(2,3)9-15/h4,6,8,10,16H,5,7,9H2,1-3H3/t10-/m1/s1. The second-order valence-corrected chi connectivity index (χ2v) is 5.46. The Morgan fingerprint density at radius 3 is 2.81 bits per heavy atom. The van der Waals surface area contributed by atoms with Crippen LogP contribution >= 0.6 is 0 Å². The van der Waals surface area contributed by atoms with Gasteiger partial charge in [-0.3, -0.25) is 0 Å². The maximum atomic E-state index is 9.55. The zero-order valence-electron chi connectivity index (χ0n) is 10.3. The Kier molecular flexibility index (Phi) is 2.89. The van der Waals surface area contributed by atoms with E-state index in [0.717, 1.165) is 24.5 Å². The van der Waals surface area contributed by atoms with Gasteiger partial charge in [0.25, 0.3) is 0 Å². The van der Waals surface area contributed by atoms with Crippen molar-refractivity contribution in [1.82, 2.24) is 4.98 Å². The summed E-state index contributed by atoms with van der Waals surface area (Å²) in [5, 5.41) is 9.55. The summed E-state index contributed by atoms with van der Waals surface area (Å²) in [7, 11) is 0. The van der Waals surface area contributed by atoms with E-state index in [-0.39, 0.29) is 0 Å². The van der Waals surface area contributed by atoms with Gasteiger partial charge in [0.05, 0.1) is 6.10 Å². The van der Waals surface area contributed by atoms with E-state index < -0.39 is 6.10 Å². The maximum absolute atomic E-state index is 9.55. The second-order valence-electron chi connectivity index (χ2n) is 5.46. The fourth-order valence-electron chi connectivity index (χ4n) is 2.17. The molecular weight excluding hydrogens is 200 g/mol. The Bertz CT molecular complexity index is 374. The molecule has 2 heterocycles. The first-order valence-electron chi connectivity index (χ1n) is 5.87. The number of hydrogen-bond donors (Lipinski definition) is 1. The van der Waals surface area contributed by atoms with Crippen LogP contribution in [0.5, 0.6) is 0 Å². The van der Waals surface area contributed by atoms with E-state index in [9.17, 15) is 5.11 Å². The summed E-state index contributed by atoms with van der Waals surface area (Å²) in [6.07, 6.45) is 2.56. The molecule has 0 aliphatic carbocycles. The summed E-state index contributed by atoms with van der Waals surface area (Å²) < 4.78 is 0. The van der Waals surface area contributed by atoms with Crippen molar-refractivity contribution in [2.45, 2.75) is 33.3 Å². The Balaban J connectivity index is 2.19. The summed E-state index contributed by atoms with van der Waals surface area (Å²) in [4.78, 5) is 6.68. The minimum atomic E-state index is -0.419. The minimum absolute atomic E-state index is 0.377. The van der Waals surface area contributed by atoms with Crippen molar-refractivity contribution in [2.24, 2.45) is 5.41 Å². The molecule has 0 bridgehead atoms. The molecule has 3 heteroatoms. The van der Waals surface area contributed by atoms with Crippen LogP contribution < -0.4 is 4.90 Å². The monoisotopic (exact) mass is 220 g/mol. The number of aliphatic hydroxyl groups is 1. The van der Waals surface area contributed by atoms with Crippen LogP contribution in [0.4, 0.5) is 5.82 Å². The molecule has 1 aromatic rings. The second kappa shape index (κ2) is 4.06. The number of anilines is 1. The molecule has 0 unspecified atom stereocenters. The predicted molar refractivity (Wildman–Crippen MR) is 65.5 cm³/mol. The van der Waals surface area contributed by atoms with E-state index in [1.807, 2.05) is 12.1 Å². The lowest BCUT2D eigenvalue weighted by Crippen LogP contribution is -2.23. The Morgan fingerprint density at radius 1 is 1.50 bits per heavy atom. The highest BCUT2D eigenvalue weighted by atomic mass is 16.3. The lowest BCUT2D eigenvalue weighted by Gasteiger charge is -2.21. The number of rotatable bonds is 2. The van der Waals surface area contributed by atoms with Crippen LogP contribution in [0.1, 0.15) is 38.9 Å². The minimum Gasteiger partial charge on any atom is -0.389 e. The van der Waals surface area contributed by atoms with Crippen molar-refractivity contribution in [3.8, 4) is 0 Å². The highest BCUT2D eigenvalue weighted by Crippen LogP contribution is 2.32. The lowest BCUT2D eigenvalue weighted by atomic mass is 9.93. The van der Waals surface area contributed by atoms with Crippen molar-refractivity contribution in [3.05, 3.63) is 23.9 Å². The molecule has 16 heavy (non-hydrogen) atoms. The molecule has 0 radical (unpaired) electrons. The Labute approximate surface area is 97.1 Å². The average molecular weight is 220 g/mol. The summed E-state index contributed by atoms with van der Waals surface area (Å²) in [6, 6.07) is 3.86. The molecule has 1 aliphatic rings. The fraction of sp³-hybridized carbons (Fsp3) is 0.615. The third kappa shape index (κ3) is 2.35. The Hall–Kier alpha value is -1.09. The van der Waals surface area contributed by atoms with E-state index in [0.29, 0.717) is 5.41 Å². The molecule has 0 spiro atoms. The van der Waals surface area contributed by atoms with Gasteiger partial charge in [-0.05, 0) is 36.5 Å². The highest BCUT2D eigenvalue weighted by Gasteiger charge is 2.29. The molecule has 1 fully saturated rings. The molecule has 2 rings (SSSR count). The summed E-state index contributed by atoms with van der Waals surface area (Å²) in [5.41, 5.74) is 1.32. The zero-order chi connectivity index (χ0) is 11.8. The maximum Gasteiger partial charge on any atom is 0.128 e. The SMILES string of the molecule is C[C@@H](O)c1ccnc(N2CCC(C)(C)C2)c1. The van der Waals surface area contributed by atoms with Crippen LogP contribution in [0, 0.1) is 5.41 Å². The van der Waals surface area contributed by atoms with Gasteiger partial charge >= 0.3 is 0 Å². The van der Waals surface area contributed by atoms with Gasteiger partial charge < -0.3 is 10.0 Å². The lowest BCUT2D eigenvalue weighted by molar-refractivity contribution is 0.199. The van der Waals surface area contributed by atoms with E-state index >= 15 is 0 Å². The normalized spacial score (nSPS) is 21.1. The topological polar surface area (TPSA) is 36.4 Å². The van der Waals surface area contributed by atoms with Gasteiger partial charge in [0.15, 0.2) is 0 Å². The molecular formula is C13H20N2O. The van der Waals surface area contributed by atoms with Gasteiger partial charge in [-0.15, -0.1) is 0 Å². The smallest absolute Gasteiger partial charge is 0.128 e. The first-order valence-corrected chi connectivity index (χ1v) is 5.87. The number of aromatic nitrogens is 1. The van der Waals surface area contributed by atoms with E-state index in [4.69, 9.17) is 0 Å². The summed E-state index contributed by atoms with van der Waals surface area (Å²) in [6.45, 7) is 8.45. The quantitative estimate of drug-likeness (QED) is 0.831. The third-order valence-electron chi connectivity index (χ3n) is 3.25. The first kappa shape index (κ1) is 11.4. The van der Waals surface area contributed by atoms with Crippen LogP contribution in [-0.2, 0) is 0 Å². The van der Waals surface area contributed by atoms with Gasteiger partial charge in [0.1, 0.15) is 5.82 Å². The van der Waals surface area contributed by atoms with Gasteiger partial charge in [-0.25, -0.2) is 4.98 Å². The molecule has 1 aromatic heterocycles. The van der Waals surface area contributed by atoms with Crippen LogP contribution in [0.15, 0.2) is 18.3 Å². The molecule has 0 aromatic carbocycles. The highest BCUT2D eigenvalue weighted by molar-refractivity contribution is 5.43. The fourth-order valence-corrected chi connectivity index (χ4v) is 2.17. The largest absolute Gasteiger partial charge is 0.389 e. The number of nitrogens with zero attached hydrogens (tertiary/aromatic N) is 2. The molecule has 1 saturated heterocycles. The molecule has 88 valence electrons. The van der Waals surface area contributed by atoms with Crippen LogP contribution in [0.2, 0.25) is 0 Å². The van der Waals surface area contributed by atoms with Crippen LogP contribution in [0.25, 0.3) is 0 Å². The van der Waals surface area contributed by atoms with Gasteiger partial charge in [0, 0.05) is 19.3 Å². The van der Waals surface area contributed by atoms with Gasteiger partial charge in [-0.2, -0.15) is 0 Å². The summed E-state index contributed by atoms with van der Waals surface area (Å²) in [5.74, 6) is 0.990. The number of aliphatic hydroxyl groups excluding tert-OH is 1. The number of hydrogen-bond acceptors (Lipinski definition) is 3. The van der Waals surface area contributed by atoms with Crippen molar-refractivity contribution >= 4 is 5.82 Å². The average Bonchev–Trinajstić information content (AvgIpc) is 2.59. The molecule has 1 N–H and O–H groups in total. The van der Waals surface area contributed by atoms with E-state index in [1.54, 1.807) is 13.1 Å². The first-order chi connectivity index (χ1) is 7.48. The van der Waals surface area contributed by atoms with Crippen molar-refractivity contribution in [3.63, 3.8) is 0 Å². The van der Waals surface area contributed by atoms with Crippen molar-refractivity contribution in [2.75, 3.05) is 18.0 Å². The molecule has 1 atom stereocenters. The van der Waals surface area contributed by atoms with Crippen LogP contribution in [0.3, 0.4) is 0 Å². The molecule has 3 nitrogen and oxygen atoms in total. The molecule has 1 aliphatic heterocycles. The Morgan fingerprint density at radius 2 is 2.25 bits per heavy atom. The number of pyridine rings is 1. The van der Waals surface area contributed by atoms with Crippen molar-refractivity contribution < 1.29 is 5.11 Å². The van der Waals surface area contributed by atoms with E-state index in [1.165, 1.54) is 6.42 Å². The third-order valence-corrected chi connectivity index (χ3v) is 3.25. The van der Waals surface area contributed by atoms with Gasteiger partial charge in [-0.1, -0.05) is 13.8 Å². The molecule has 0 saturated carbocycles. The molecule has 0 amide bonds. The summed E-state index contributed by atoms with van der Waals surface area (Å²) >= 11 is 0. The zero-order valence-corrected chi connectivity index (χ0v) is 10.3. The predicted octanol–water partition coefficient (Wildman–Crippen LogP) is 2.37. The van der Waals surface area contributed by atoms with E-state index in [2.05, 4.69) is 23.7 Å². The van der Waals surface area contributed by atoms with Gasteiger partial charge in [0.2, 0.25) is 0 Å². The van der Waals surface area contributed by atoms with Crippen LogP contribution in [-0.4, -0.2) is 23.2 Å².